The molecule has 0 aromatic heterocycles. The van der Waals surface area contributed by atoms with Gasteiger partial charge in [0, 0.05) is 10.7 Å². The molecule has 0 spiro atoms. The van der Waals surface area contributed by atoms with E-state index in [0.29, 0.717) is 23.2 Å². The molecule has 0 unspecified atom stereocenters. The van der Waals surface area contributed by atoms with Crippen LogP contribution in [-0.4, -0.2) is 30.0 Å². The molecule has 1 N–H and O–H groups in total. The molecule has 0 aliphatic heterocycles. The Kier molecular flexibility index (Phi) is 7.76. The first kappa shape index (κ1) is 18.1. The minimum Gasteiger partial charge on any atom is -0.465 e. The molecule has 0 radical (unpaired) electrons. The molecule has 0 bridgehead atoms. The number of esters is 1. The molecule has 0 saturated heterocycles. The fraction of sp³-hybridized carbons (Fsp3) is 0.529. The molecule has 23 heavy (non-hydrogen) atoms. The highest BCUT2D eigenvalue weighted by Crippen LogP contribution is 2.23. The molecule has 126 valence electrons. The van der Waals surface area contributed by atoms with Crippen molar-refractivity contribution in [3.8, 4) is 0 Å². The Morgan fingerprint density at radius 2 is 1.83 bits per heavy atom. The highest BCUT2D eigenvalue weighted by molar-refractivity contribution is 8.00. The summed E-state index contributed by atoms with van der Waals surface area (Å²) in [6.45, 7) is 0.524. The third kappa shape index (κ3) is 7.27. The third-order valence-electron chi connectivity index (χ3n) is 3.79. The second kappa shape index (κ2) is 9.83. The van der Waals surface area contributed by atoms with E-state index >= 15 is 0 Å². The van der Waals surface area contributed by atoms with E-state index in [0.717, 1.165) is 12.8 Å². The summed E-state index contributed by atoms with van der Waals surface area (Å²) < 4.78 is 5.29. The van der Waals surface area contributed by atoms with Gasteiger partial charge in [0.05, 0.1) is 18.1 Å². The number of carbonyl (C=O) groups excluding carboxylic acids is 2. The predicted octanol–water partition coefficient (Wildman–Crippen LogP) is 4.14. The Morgan fingerprint density at radius 3 is 2.52 bits per heavy atom. The summed E-state index contributed by atoms with van der Waals surface area (Å²) in [7, 11) is 0. The van der Waals surface area contributed by atoms with Gasteiger partial charge in [-0.05, 0) is 43.0 Å². The molecule has 1 fully saturated rings. The maximum atomic E-state index is 11.8. The molecule has 0 heterocycles. The second-order valence-electron chi connectivity index (χ2n) is 5.73. The van der Waals surface area contributed by atoms with Crippen LogP contribution in [0.5, 0.6) is 0 Å². The number of amides is 1. The molecule has 1 aromatic carbocycles. The molecule has 1 aliphatic carbocycles. The van der Waals surface area contributed by atoms with Gasteiger partial charge in [0.15, 0.2) is 0 Å². The Labute approximate surface area is 146 Å². The quantitative estimate of drug-likeness (QED) is 0.747. The summed E-state index contributed by atoms with van der Waals surface area (Å²) >= 11 is 7.05. The number of rotatable bonds is 7. The SMILES string of the molecule is O=C(CSCC(=O)OCC1CCCCC1)Nc1ccc(Cl)cc1. The lowest BCUT2D eigenvalue weighted by Gasteiger charge is -2.20. The lowest BCUT2D eigenvalue weighted by atomic mass is 9.90. The zero-order valence-corrected chi connectivity index (χ0v) is 14.6. The summed E-state index contributed by atoms with van der Waals surface area (Å²) in [6, 6.07) is 6.91. The first-order chi connectivity index (χ1) is 11.1. The minimum absolute atomic E-state index is 0.141. The average molecular weight is 356 g/mol. The average Bonchev–Trinajstić information content (AvgIpc) is 2.56. The number of benzene rings is 1. The number of hydrogen-bond donors (Lipinski definition) is 1. The maximum absolute atomic E-state index is 11.8. The Bertz CT molecular complexity index is 515. The van der Waals surface area contributed by atoms with Crippen molar-refractivity contribution in [3.63, 3.8) is 0 Å². The molecule has 1 amide bonds. The Balaban J connectivity index is 1.57. The van der Waals surface area contributed by atoms with Crippen molar-refractivity contribution in [2.45, 2.75) is 32.1 Å². The van der Waals surface area contributed by atoms with Crippen molar-refractivity contribution >= 4 is 40.9 Å². The van der Waals surface area contributed by atoms with E-state index in [-0.39, 0.29) is 23.4 Å². The van der Waals surface area contributed by atoms with Crippen LogP contribution in [0.1, 0.15) is 32.1 Å². The van der Waals surface area contributed by atoms with Crippen molar-refractivity contribution in [1.82, 2.24) is 0 Å². The number of thioether (sulfide) groups is 1. The number of anilines is 1. The largest absolute Gasteiger partial charge is 0.465 e. The molecule has 0 atom stereocenters. The maximum Gasteiger partial charge on any atom is 0.315 e. The number of nitrogens with one attached hydrogen (secondary N) is 1. The lowest BCUT2D eigenvalue weighted by molar-refractivity contribution is -0.142. The van der Waals surface area contributed by atoms with Crippen LogP contribution < -0.4 is 5.32 Å². The van der Waals surface area contributed by atoms with Crippen LogP contribution >= 0.6 is 23.4 Å². The van der Waals surface area contributed by atoms with Crippen molar-refractivity contribution in [1.29, 1.82) is 0 Å². The molecule has 1 aromatic rings. The van der Waals surface area contributed by atoms with Gasteiger partial charge in [-0.1, -0.05) is 30.9 Å². The van der Waals surface area contributed by atoms with E-state index in [1.54, 1.807) is 24.3 Å². The minimum atomic E-state index is -0.236. The van der Waals surface area contributed by atoms with Gasteiger partial charge in [0.25, 0.3) is 0 Å². The zero-order valence-electron chi connectivity index (χ0n) is 13.1. The molecule has 6 heteroatoms. The molecule has 1 aliphatic rings. The summed E-state index contributed by atoms with van der Waals surface area (Å²) in [4.78, 5) is 23.4. The van der Waals surface area contributed by atoms with Gasteiger partial charge in [0.2, 0.25) is 5.91 Å². The monoisotopic (exact) mass is 355 g/mol. The molecule has 1 saturated carbocycles. The predicted molar refractivity (Wildman–Crippen MR) is 94.9 cm³/mol. The smallest absolute Gasteiger partial charge is 0.315 e. The molecule has 2 rings (SSSR count). The summed E-state index contributed by atoms with van der Waals surface area (Å²) in [5.74, 6) is 0.574. The van der Waals surface area contributed by atoms with E-state index in [2.05, 4.69) is 5.32 Å². The number of ether oxygens (including phenoxy) is 1. The van der Waals surface area contributed by atoms with E-state index < -0.39 is 0 Å². The summed E-state index contributed by atoms with van der Waals surface area (Å²) in [5, 5.41) is 3.38. The third-order valence-corrected chi connectivity index (χ3v) is 4.94. The van der Waals surface area contributed by atoms with Crippen LogP contribution in [0.4, 0.5) is 5.69 Å². The second-order valence-corrected chi connectivity index (χ2v) is 7.16. The lowest BCUT2D eigenvalue weighted by Crippen LogP contribution is -2.19. The topological polar surface area (TPSA) is 55.4 Å². The van der Waals surface area contributed by atoms with Gasteiger partial charge in [-0.3, -0.25) is 9.59 Å². The molecular weight excluding hydrogens is 334 g/mol. The number of halogens is 1. The highest BCUT2D eigenvalue weighted by Gasteiger charge is 2.15. The van der Waals surface area contributed by atoms with Crippen LogP contribution in [0.25, 0.3) is 0 Å². The first-order valence-corrected chi connectivity index (χ1v) is 9.45. The summed E-state index contributed by atoms with van der Waals surface area (Å²) in [5.41, 5.74) is 0.694. The van der Waals surface area contributed by atoms with Crippen molar-refractivity contribution in [3.05, 3.63) is 29.3 Å². The first-order valence-electron chi connectivity index (χ1n) is 7.92. The van der Waals surface area contributed by atoms with Crippen molar-refractivity contribution < 1.29 is 14.3 Å². The van der Waals surface area contributed by atoms with Crippen LogP contribution in [0.2, 0.25) is 5.02 Å². The van der Waals surface area contributed by atoms with E-state index in [1.807, 2.05) is 0 Å². The number of hydrogen-bond acceptors (Lipinski definition) is 4. The fourth-order valence-corrected chi connectivity index (χ4v) is 3.30. The van der Waals surface area contributed by atoms with Gasteiger partial charge in [-0.2, -0.15) is 0 Å². The highest BCUT2D eigenvalue weighted by atomic mass is 35.5. The van der Waals surface area contributed by atoms with Crippen molar-refractivity contribution in [2.24, 2.45) is 5.92 Å². The standard InChI is InChI=1S/C17H22ClNO3S/c18-14-6-8-15(9-7-14)19-16(20)11-23-12-17(21)22-10-13-4-2-1-3-5-13/h6-9,13H,1-5,10-12H2,(H,19,20). The van der Waals surface area contributed by atoms with Crippen LogP contribution in [0.15, 0.2) is 24.3 Å². The van der Waals surface area contributed by atoms with Gasteiger partial charge in [-0.15, -0.1) is 11.8 Å². The van der Waals surface area contributed by atoms with Gasteiger partial charge >= 0.3 is 5.97 Å². The number of carbonyl (C=O) groups is 2. The zero-order chi connectivity index (χ0) is 16.5. The van der Waals surface area contributed by atoms with Crippen LogP contribution in [-0.2, 0) is 14.3 Å². The fourth-order valence-electron chi connectivity index (χ4n) is 2.56. The van der Waals surface area contributed by atoms with Gasteiger partial charge < -0.3 is 10.1 Å². The van der Waals surface area contributed by atoms with Crippen molar-refractivity contribution in [2.75, 3.05) is 23.4 Å². The molecular formula is C17H22ClNO3S. The van der Waals surface area contributed by atoms with E-state index in [9.17, 15) is 9.59 Å². The normalized spacial score (nSPS) is 15.2. The summed E-state index contributed by atoms with van der Waals surface area (Å²) in [6.07, 6.45) is 6.08. The van der Waals surface area contributed by atoms with Gasteiger partial charge in [-0.25, -0.2) is 0 Å². The Morgan fingerprint density at radius 1 is 1.13 bits per heavy atom. The van der Waals surface area contributed by atoms with E-state index in [4.69, 9.17) is 16.3 Å². The Hall–Kier alpha value is -1.20. The molecule has 4 nitrogen and oxygen atoms in total. The van der Waals surface area contributed by atoms with Gasteiger partial charge in [0.1, 0.15) is 0 Å². The van der Waals surface area contributed by atoms with E-state index in [1.165, 1.54) is 31.0 Å². The van der Waals surface area contributed by atoms with Crippen LogP contribution in [0, 0.1) is 5.92 Å². The van der Waals surface area contributed by atoms with Crippen LogP contribution in [0.3, 0.4) is 0 Å².